The van der Waals surface area contributed by atoms with Gasteiger partial charge < -0.3 is 25.4 Å². The molecule has 2 fully saturated rings. The van der Waals surface area contributed by atoms with Crippen LogP contribution in [-0.2, 0) is 16.8 Å². The van der Waals surface area contributed by atoms with Crippen molar-refractivity contribution in [2.75, 3.05) is 0 Å². The van der Waals surface area contributed by atoms with Crippen LogP contribution in [0.5, 0.6) is 0 Å². The predicted molar refractivity (Wildman–Crippen MR) is 219 cm³/mol. The number of imidazole rings is 1. The van der Waals surface area contributed by atoms with Crippen molar-refractivity contribution in [3.05, 3.63) is 155 Å². The standard InChI is InChI=1S/C46H49N5O4S/c52-41(32-25-26-32)42(53)38(27-31-15-5-1-6-16-31)48-43(54)39(49-44(55)45-50-37-23-13-14-24-40(37)56-45)28-36-29-51(30-47-36)46(33-17-7-2-8-18-33,34-19-9-3-10-20-34)35-21-11-4-12-22-35/h2-4,7-14,17-24,29-32,38-39,41-42,52-53H,1,5-6,15-16,25-28H2,(H,48,54)(H,49,55)/t38-,39?,41-,42+/m0/s1. The van der Waals surface area contributed by atoms with Gasteiger partial charge in [0, 0.05) is 12.6 Å². The van der Waals surface area contributed by atoms with Crippen molar-refractivity contribution in [3.8, 4) is 0 Å². The fourth-order valence-corrected chi connectivity index (χ4v) is 9.42. The van der Waals surface area contributed by atoms with Crippen LogP contribution in [0.4, 0.5) is 0 Å². The Labute approximate surface area is 331 Å². The smallest absolute Gasteiger partial charge is 0.280 e. The number of benzene rings is 4. The van der Waals surface area contributed by atoms with Crippen LogP contribution in [0.3, 0.4) is 0 Å². The van der Waals surface area contributed by atoms with Crippen LogP contribution in [0.2, 0.25) is 0 Å². The zero-order valence-electron chi connectivity index (χ0n) is 31.4. The van der Waals surface area contributed by atoms with Crippen molar-refractivity contribution >= 4 is 33.4 Å². The average molecular weight is 768 g/mol. The summed E-state index contributed by atoms with van der Waals surface area (Å²) in [5.74, 6) is -0.519. The number of aromatic nitrogens is 3. The molecule has 4 aromatic carbocycles. The van der Waals surface area contributed by atoms with Gasteiger partial charge in [-0.25, -0.2) is 9.97 Å². The number of fused-ring (bicyclic) bond motifs is 1. The minimum atomic E-state index is -1.11. The molecule has 2 heterocycles. The Balaban J connectivity index is 1.15. The number of aliphatic hydroxyl groups excluding tert-OH is 2. The number of rotatable bonds is 15. The number of carbonyl (C=O) groups is 2. The molecule has 56 heavy (non-hydrogen) atoms. The number of amides is 2. The third kappa shape index (κ3) is 8.05. The largest absolute Gasteiger partial charge is 0.390 e. The lowest BCUT2D eigenvalue weighted by Crippen LogP contribution is -2.56. The number of para-hydroxylation sites is 1. The first-order valence-electron chi connectivity index (χ1n) is 19.9. The quantitative estimate of drug-likeness (QED) is 0.0815. The highest BCUT2D eigenvalue weighted by Gasteiger charge is 2.41. The summed E-state index contributed by atoms with van der Waals surface area (Å²) < 4.78 is 2.97. The van der Waals surface area contributed by atoms with Crippen LogP contribution in [0.15, 0.2) is 128 Å². The SMILES string of the molecule is O=C(NC(Cc1cn(C(c2ccccc2)(c2ccccc2)c2ccccc2)cn1)C(=O)N[C@@H](CC1CCCCC1)[C@@H](O)[C@@H](O)C1CC1)c1nc2ccccc2s1. The molecule has 0 aliphatic heterocycles. The van der Waals surface area contributed by atoms with Crippen LogP contribution in [-0.4, -0.2) is 60.9 Å². The molecular weight excluding hydrogens is 719 g/mol. The number of nitrogens with zero attached hydrogens (tertiary/aromatic N) is 3. The van der Waals surface area contributed by atoms with Gasteiger partial charge in [-0.05, 0) is 59.9 Å². The molecule has 1 unspecified atom stereocenters. The summed E-state index contributed by atoms with van der Waals surface area (Å²) in [6.45, 7) is 0. The average Bonchev–Trinajstić information content (AvgIpc) is 3.84. The molecule has 6 aromatic rings. The first-order chi connectivity index (χ1) is 27.4. The van der Waals surface area contributed by atoms with Crippen LogP contribution in [0, 0.1) is 11.8 Å². The van der Waals surface area contributed by atoms with Crippen molar-refractivity contribution in [3.63, 3.8) is 0 Å². The summed E-state index contributed by atoms with van der Waals surface area (Å²) in [6, 6.07) is 36.7. The van der Waals surface area contributed by atoms with Crippen LogP contribution in [0.1, 0.15) is 83.6 Å². The maximum absolute atomic E-state index is 14.5. The van der Waals surface area contributed by atoms with E-state index in [4.69, 9.17) is 4.98 Å². The van der Waals surface area contributed by atoms with Gasteiger partial charge >= 0.3 is 0 Å². The van der Waals surface area contributed by atoms with Gasteiger partial charge in [-0.15, -0.1) is 11.3 Å². The fraction of sp³-hybridized carbons (Fsp3) is 0.348. The Kier molecular flexibility index (Phi) is 11.4. The van der Waals surface area contributed by atoms with E-state index in [2.05, 4.69) is 56.6 Å². The number of aliphatic hydroxyl groups is 2. The summed E-state index contributed by atoms with van der Waals surface area (Å²) in [4.78, 5) is 37.9. The molecule has 2 amide bonds. The molecule has 2 aliphatic carbocycles. The second-order valence-corrected chi connectivity index (χ2v) is 16.5. The van der Waals surface area contributed by atoms with Gasteiger partial charge in [-0.1, -0.05) is 135 Å². The molecule has 4 atom stereocenters. The third-order valence-corrected chi connectivity index (χ3v) is 12.7. The normalized spacial score (nSPS) is 17.2. The van der Waals surface area contributed by atoms with E-state index in [-0.39, 0.29) is 17.3 Å². The second-order valence-electron chi connectivity index (χ2n) is 15.5. The summed E-state index contributed by atoms with van der Waals surface area (Å²) in [5.41, 5.74) is 3.62. The minimum absolute atomic E-state index is 0.0355. The Morgan fingerprint density at radius 1 is 0.768 bits per heavy atom. The van der Waals surface area contributed by atoms with Gasteiger partial charge in [-0.2, -0.15) is 0 Å². The summed E-state index contributed by atoms with van der Waals surface area (Å²) in [7, 11) is 0. The van der Waals surface area contributed by atoms with Gasteiger partial charge in [0.25, 0.3) is 5.91 Å². The first-order valence-corrected chi connectivity index (χ1v) is 20.7. The molecule has 2 aromatic heterocycles. The lowest BCUT2D eigenvalue weighted by Gasteiger charge is -2.37. The molecule has 0 radical (unpaired) electrons. The molecule has 10 heteroatoms. The lowest BCUT2D eigenvalue weighted by molar-refractivity contribution is -0.125. The zero-order valence-corrected chi connectivity index (χ0v) is 32.2. The van der Waals surface area contributed by atoms with Crippen LogP contribution in [0.25, 0.3) is 10.2 Å². The third-order valence-electron chi connectivity index (χ3n) is 11.6. The number of hydrogen-bond donors (Lipinski definition) is 4. The Morgan fingerprint density at radius 2 is 1.36 bits per heavy atom. The molecule has 0 spiro atoms. The monoisotopic (exact) mass is 767 g/mol. The molecule has 8 rings (SSSR count). The van der Waals surface area contributed by atoms with Crippen LogP contribution >= 0.6 is 11.3 Å². The highest BCUT2D eigenvalue weighted by molar-refractivity contribution is 7.20. The highest BCUT2D eigenvalue weighted by atomic mass is 32.1. The maximum Gasteiger partial charge on any atom is 0.280 e. The van der Waals surface area contributed by atoms with Gasteiger partial charge in [0.2, 0.25) is 5.91 Å². The fourth-order valence-electron chi connectivity index (χ4n) is 8.55. The van der Waals surface area contributed by atoms with E-state index in [1.165, 1.54) is 17.8 Å². The van der Waals surface area contributed by atoms with Crippen molar-refractivity contribution < 1.29 is 19.8 Å². The van der Waals surface area contributed by atoms with E-state index in [0.29, 0.717) is 23.5 Å². The van der Waals surface area contributed by atoms with Crippen LogP contribution < -0.4 is 10.6 Å². The zero-order chi connectivity index (χ0) is 38.5. The molecule has 0 bridgehead atoms. The second kappa shape index (κ2) is 16.9. The van der Waals surface area contributed by atoms with Crippen molar-refractivity contribution in [1.29, 1.82) is 0 Å². The minimum Gasteiger partial charge on any atom is -0.390 e. The molecule has 2 aliphatic rings. The van der Waals surface area contributed by atoms with Crippen molar-refractivity contribution in [2.24, 2.45) is 11.8 Å². The molecular formula is C46H49N5O4S. The lowest BCUT2D eigenvalue weighted by atomic mass is 9.77. The Morgan fingerprint density at radius 3 is 1.95 bits per heavy atom. The van der Waals surface area contributed by atoms with Gasteiger partial charge in [-0.3, -0.25) is 9.59 Å². The van der Waals surface area contributed by atoms with Gasteiger partial charge in [0.15, 0.2) is 5.01 Å². The highest BCUT2D eigenvalue weighted by Crippen LogP contribution is 2.41. The first kappa shape index (κ1) is 37.7. The van der Waals surface area contributed by atoms with E-state index < -0.39 is 41.6 Å². The molecule has 0 saturated heterocycles. The van der Waals surface area contributed by atoms with E-state index in [9.17, 15) is 19.8 Å². The summed E-state index contributed by atoms with van der Waals surface area (Å²) in [5, 5.41) is 29.0. The number of thiazole rings is 1. The topological polar surface area (TPSA) is 129 Å². The number of hydrogen-bond acceptors (Lipinski definition) is 7. The number of carbonyl (C=O) groups excluding carboxylic acids is 2. The Hall–Kier alpha value is -5.16. The van der Waals surface area contributed by atoms with E-state index in [1.54, 1.807) is 6.33 Å². The summed E-state index contributed by atoms with van der Waals surface area (Å²) in [6.07, 6.45) is 9.58. The van der Waals surface area contributed by atoms with Gasteiger partial charge in [0.1, 0.15) is 17.7 Å². The van der Waals surface area contributed by atoms with E-state index >= 15 is 0 Å². The molecule has 288 valence electrons. The van der Waals surface area contributed by atoms with Crippen molar-refractivity contribution in [2.45, 2.75) is 87.6 Å². The predicted octanol–water partition coefficient (Wildman–Crippen LogP) is 7.26. The maximum atomic E-state index is 14.5. The van der Waals surface area contributed by atoms with E-state index in [0.717, 1.165) is 59.9 Å². The Bertz CT molecular complexity index is 2090. The molecule has 9 nitrogen and oxygen atoms in total. The summed E-state index contributed by atoms with van der Waals surface area (Å²) >= 11 is 1.27. The molecule has 2 saturated carbocycles. The van der Waals surface area contributed by atoms with Gasteiger partial charge in [0.05, 0.1) is 34.4 Å². The molecule has 4 N–H and O–H groups in total. The van der Waals surface area contributed by atoms with E-state index in [1.807, 2.05) is 85.1 Å². The number of nitrogens with one attached hydrogen (secondary N) is 2. The van der Waals surface area contributed by atoms with Crippen molar-refractivity contribution in [1.82, 2.24) is 25.2 Å².